The average molecular weight is 224 g/mol. The normalized spacial score (nSPS) is 18.7. The molecule has 0 amide bonds. The molecular weight excluding hydrogens is 208 g/mol. The van der Waals surface area contributed by atoms with Crippen LogP contribution in [0, 0.1) is 0 Å². The molecule has 0 fully saturated rings. The highest BCUT2D eigenvalue weighted by Crippen LogP contribution is 2.32. The van der Waals surface area contributed by atoms with Gasteiger partial charge >= 0.3 is 0 Å². The summed E-state index contributed by atoms with van der Waals surface area (Å²) in [7, 11) is 0. The van der Waals surface area contributed by atoms with Crippen molar-refractivity contribution in [2.24, 2.45) is 0 Å². The first-order valence-corrected chi connectivity index (χ1v) is 5.99. The van der Waals surface area contributed by atoms with Crippen molar-refractivity contribution in [1.29, 1.82) is 0 Å². The zero-order chi connectivity index (χ0) is 11.7. The maximum Gasteiger partial charge on any atom is 0.0362 e. The third kappa shape index (κ3) is 1.81. The van der Waals surface area contributed by atoms with Gasteiger partial charge in [0.25, 0.3) is 0 Å². The molecule has 1 heterocycles. The molecule has 1 aliphatic rings. The monoisotopic (exact) mass is 224 g/mol. The molecule has 86 valence electrons. The number of hydrogen-bond acceptors (Lipinski definition) is 2. The number of rotatable bonds is 1. The van der Waals surface area contributed by atoms with E-state index in [4.69, 9.17) is 5.73 Å². The van der Waals surface area contributed by atoms with Crippen molar-refractivity contribution in [2.45, 2.75) is 12.5 Å². The fourth-order valence-electron chi connectivity index (χ4n) is 2.59. The van der Waals surface area contributed by atoms with E-state index in [1.165, 1.54) is 16.7 Å². The zero-order valence-electron chi connectivity index (χ0n) is 9.69. The van der Waals surface area contributed by atoms with Gasteiger partial charge in [-0.15, -0.1) is 0 Å². The molecule has 1 aliphatic heterocycles. The highest BCUT2D eigenvalue weighted by Gasteiger charge is 2.22. The summed E-state index contributed by atoms with van der Waals surface area (Å²) in [6, 6.07) is 16.8. The van der Waals surface area contributed by atoms with E-state index < -0.39 is 0 Å². The Morgan fingerprint density at radius 1 is 1.00 bits per heavy atom. The second-order valence-corrected chi connectivity index (χ2v) is 4.51. The number of fused-ring (bicyclic) bond motifs is 1. The Morgan fingerprint density at radius 3 is 2.65 bits per heavy atom. The smallest absolute Gasteiger partial charge is 0.0362 e. The van der Waals surface area contributed by atoms with Gasteiger partial charge in [0.2, 0.25) is 0 Å². The molecule has 2 aromatic rings. The van der Waals surface area contributed by atoms with Crippen molar-refractivity contribution in [3.63, 3.8) is 0 Å². The van der Waals surface area contributed by atoms with E-state index in [9.17, 15) is 0 Å². The van der Waals surface area contributed by atoms with Crippen molar-refractivity contribution in [2.75, 3.05) is 12.3 Å². The molecule has 0 saturated heterocycles. The lowest BCUT2D eigenvalue weighted by Crippen LogP contribution is -2.29. The molecule has 3 N–H and O–H groups in total. The highest BCUT2D eigenvalue weighted by molar-refractivity contribution is 5.54. The van der Waals surface area contributed by atoms with Crippen LogP contribution >= 0.6 is 0 Å². The van der Waals surface area contributed by atoms with Gasteiger partial charge in [-0.05, 0) is 22.8 Å². The minimum atomic E-state index is 0.420. The summed E-state index contributed by atoms with van der Waals surface area (Å²) in [4.78, 5) is 0. The van der Waals surface area contributed by atoms with Crippen molar-refractivity contribution >= 4 is 5.69 Å². The molecule has 0 radical (unpaired) electrons. The number of benzene rings is 2. The van der Waals surface area contributed by atoms with E-state index in [2.05, 4.69) is 47.8 Å². The molecule has 1 unspecified atom stereocenters. The first-order chi connectivity index (χ1) is 8.36. The summed E-state index contributed by atoms with van der Waals surface area (Å²) in [5.74, 6) is 0.420. The molecule has 1 atom stereocenters. The molecule has 17 heavy (non-hydrogen) atoms. The van der Waals surface area contributed by atoms with Crippen LogP contribution in [0.3, 0.4) is 0 Å². The molecule has 0 saturated carbocycles. The maximum absolute atomic E-state index is 6.04. The summed E-state index contributed by atoms with van der Waals surface area (Å²) in [6.45, 7) is 1.87. The van der Waals surface area contributed by atoms with Gasteiger partial charge in [-0.1, -0.05) is 42.5 Å². The number of nitrogens with one attached hydrogen (secondary N) is 1. The van der Waals surface area contributed by atoms with E-state index in [-0.39, 0.29) is 0 Å². The lowest BCUT2D eigenvalue weighted by Gasteiger charge is -2.27. The number of anilines is 1. The SMILES string of the molecule is Nc1cccc2c1CNCC2c1ccccc1. The summed E-state index contributed by atoms with van der Waals surface area (Å²) < 4.78 is 0. The number of nitrogens with two attached hydrogens (primary N) is 1. The van der Waals surface area contributed by atoms with Crippen LogP contribution in [0.25, 0.3) is 0 Å². The van der Waals surface area contributed by atoms with Crippen molar-refractivity contribution in [3.8, 4) is 0 Å². The number of hydrogen-bond donors (Lipinski definition) is 2. The first kappa shape index (κ1) is 10.4. The maximum atomic E-state index is 6.04. The van der Waals surface area contributed by atoms with Gasteiger partial charge in [0.15, 0.2) is 0 Å². The molecule has 2 nitrogen and oxygen atoms in total. The Hall–Kier alpha value is -1.80. The summed E-state index contributed by atoms with van der Waals surface area (Å²) >= 11 is 0. The van der Waals surface area contributed by atoms with Gasteiger partial charge in [-0.3, -0.25) is 0 Å². The molecular formula is C15H16N2. The lowest BCUT2D eigenvalue weighted by atomic mass is 9.85. The van der Waals surface area contributed by atoms with Crippen LogP contribution < -0.4 is 11.1 Å². The molecule has 2 aromatic carbocycles. The zero-order valence-corrected chi connectivity index (χ0v) is 9.69. The minimum Gasteiger partial charge on any atom is -0.398 e. The topological polar surface area (TPSA) is 38.0 Å². The van der Waals surface area contributed by atoms with Crippen LogP contribution in [0.1, 0.15) is 22.6 Å². The van der Waals surface area contributed by atoms with Gasteiger partial charge in [0.1, 0.15) is 0 Å². The van der Waals surface area contributed by atoms with Gasteiger partial charge in [0, 0.05) is 24.7 Å². The van der Waals surface area contributed by atoms with Gasteiger partial charge in [-0.2, -0.15) is 0 Å². The van der Waals surface area contributed by atoms with E-state index in [0.29, 0.717) is 5.92 Å². The Balaban J connectivity index is 2.09. The Morgan fingerprint density at radius 2 is 1.82 bits per heavy atom. The Kier molecular flexibility index (Phi) is 2.57. The van der Waals surface area contributed by atoms with Crippen LogP contribution in [0.15, 0.2) is 48.5 Å². The lowest BCUT2D eigenvalue weighted by molar-refractivity contribution is 0.593. The molecule has 0 bridgehead atoms. The van der Waals surface area contributed by atoms with Crippen LogP contribution in [-0.2, 0) is 6.54 Å². The second-order valence-electron chi connectivity index (χ2n) is 4.51. The molecule has 2 heteroatoms. The van der Waals surface area contributed by atoms with Crippen LogP contribution in [0.5, 0.6) is 0 Å². The highest BCUT2D eigenvalue weighted by atomic mass is 14.9. The van der Waals surface area contributed by atoms with Crippen molar-refractivity contribution in [3.05, 3.63) is 65.2 Å². The van der Waals surface area contributed by atoms with Gasteiger partial charge < -0.3 is 11.1 Å². The van der Waals surface area contributed by atoms with Gasteiger partial charge in [-0.25, -0.2) is 0 Å². The fraction of sp³-hybridized carbons (Fsp3) is 0.200. The van der Waals surface area contributed by atoms with Crippen molar-refractivity contribution < 1.29 is 0 Å². The molecule has 0 aliphatic carbocycles. The Labute approximate surface area is 101 Å². The quantitative estimate of drug-likeness (QED) is 0.730. The molecule has 0 spiro atoms. The van der Waals surface area contributed by atoms with Crippen LogP contribution in [-0.4, -0.2) is 6.54 Å². The third-order valence-electron chi connectivity index (χ3n) is 3.48. The summed E-state index contributed by atoms with van der Waals surface area (Å²) in [5.41, 5.74) is 10.9. The van der Waals surface area contributed by atoms with E-state index in [0.717, 1.165) is 18.8 Å². The van der Waals surface area contributed by atoms with E-state index in [1.807, 2.05) is 6.07 Å². The Bertz CT molecular complexity index is 520. The average Bonchev–Trinajstić information content (AvgIpc) is 2.40. The largest absolute Gasteiger partial charge is 0.398 e. The van der Waals surface area contributed by atoms with E-state index >= 15 is 0 Å². The minimum absolute atomic E-state index is 0.420. The molecule has 0 aromatic heterocycles. The van der Waals surface area contributed by atoms with E-state index in [1.54, 1.807) is 0 Å². The third-order valence-corrected chi connectivity index (χ3v) is 3.48. The van der Waals surface area contributed by atoms with Crippen molar-refractivity contribution in [1.82, 2.24) is 5.32 Å². The predicted molar refractivity (Wildman–Crippen MR) is 70.8 cm³/mol. The number of nitrogen functional groups attached to an aromatic ring is 1. The van der Waals surface area contributed by atoms with Gasteiger partial charge in [0.05, 0.1) is 0 Å². The first-order valence-electron chi connectivity index (χ1n) is 5.99. The predicted octanol–water partition coefficient (Wildman–Crippen LogP) is 2.50. The molecule has 3 rings (SSSR count). The standard InChI is InChI=1S/C15H16N2/c16-15-8-4-7-12-13(9-17-10-14(12)15)11-5-2-1-3-6-11/h1-8,13,17H,9-10,16H2. The van der Waals surface area contributed by atoms with Crippen LogP contribution in [0.4, 0.5) is 5.69 Å². The summed E-state index contributed by atoms with van der Waals surface area (Å²) in [5, 5.41) is 3.45. The fourth-order valence-corrected chi connectivity index (χ4v) is 2.59. The van der Waals surface area contributed by atoms with Crippen LogP contribution in [0.2, 0.25) is 0 Å². The summed E-state index contributed by atoms with van der Waals surface area (Å²) in [6.07, 6.45) is 0. The second kappa shape index (κ2) is 4.22.